The molecule has 3 heteroatoms. The number of nitrogens with one attached hydrogen (secondary N) is 1. The molecular formula is C13H23N3. The van der Waals surface area contributed by atoms with Crippen molar-refractivity contribution in [2.75, 3.05) is 13.1 Å². The first-order chi connectivity index (χ1) is 7.70. The minimum atomic E-state index is 0.772. The van der Waals surface area contributed by atoms with Gasteiger partial charge in [0.15, 0.2) is 0 Å². The summed E-state index contributed by atoms with van der Waals surface area (Å²) < 4.78 is 2.06. The van der Waals surface area contributed by atoms with E-state index in [0.717, 1.165) is 31.2 Å². The summed E-state index contributed by atoms with van der Waals surface area (Å²) in [7, 11) is 2.06. The van der Waals surface area contributed by atoms with Crippen LogP contribution in [0.1, 0.15) is 31.7 Å². The van der Waals surface area contributed by atoms with Crippen LogP contribution < -0.4 is 5.32 Å². The summed E-state index contributed by atoms with van der Waals surface area (Å²) in [6.07, 6.45) is 3.51. The Labute approximate surface area is 98.2 Å². The fraction of sp³-hybridized carbons (Fsp3) is 0.769. The summed E-state index contributed by atoms with van der Waals surface area (Å²) >= 11 is 0. The van der Waals surface area contributed by atoms with Gasteiger partial charge in [-0.1, -0.05) is 13.8 Å². The van der Waals surface area contributed by atoms with Crippen molar-refractivity contribution in [3.05, 3.63) is 17.5 Å². The van der Waals surface area contributed by atoms with Gasteiger partial charge in [-0.2, -0.15) is 5.10 Å². The lowest BCUT2D eigenvalue weighted by Crippen LogP contribution is -2.36. The fourth-order valence-corrected chi connectivity index (χ4v) is 2.53. The summed E-state index contributed by atoms with van der Waals surface area (Å²) in [5.41, 5.74) is 2.60. The lowest BCUT2D eigenvalue weighted by molar-refractivity contribution is 0.269. The number of rotatable bonds is 3. The zero-order chi connectivity index (χ0) is 11.5. The largest absolute Gasteiger partial charge is 0.316 e. The molecule has 0 aliphatic carbocycles. The highest BCUT2D eigenvalue weighted by atomic mass is 15.3. The number of aryl methyl sites for hydroxylation is 2. The Kier molecular flexibility index (Phi) is 3.64. The van der Waals surface area contributed by atoms with E-state index in [1.54, 1.807) is 0 Å². The molecule has 1 aliphatic heterocycles. The van der Waals surface area contributed by atoms with Crippen LogP contribution in [-0.2, 0) is 19.9 Å². The van der Waals surface area contributed by atoms with Gasteiger partial charge in [0.25, 0.3) is 0 Å². The Morgan fingerprint density at radius 2 is 2.38 bits per heavy atom. The Morgan fingerprint density at radius 3 is 3.00 bits per heavy atom. The quantitative estimate of drug-likeness (QED) is 0.843. The predicted molar refractivity (Wildman–Crippen MR) is 66.4 cm³/mol. The van der Waals surface area contributed by atoms with Crippen LogP contribution in [0.2, 0.25) is 0 Å². The van der Waals surface area contributed by atoms with Crippen molar-refractivity contribution < 1.29 is 0 Å². The van der Waals surface area contributed by atoms with E-state index < -0.39 is 0 Å². The van der Waals surface area contributed by atoms with Crippen molar-refractivity contribution in [2.24, 2.45) is 18.9 Å². The molecule has 1 fully saturated rings. The zero-order valence-corrected chi connectivity index (χ0v) is 10.7. The molecule has 2 unspecified atom stereocenters. The normalized spacial score (nSPS) is 25.9. The summed E-state index contributed by atoms with van der Waals surface area (Å²) in [5.74, 6) is 1.61. The van der Waals surface area contributed by atoms with Crippen LogP contribution in [0.5, 0.6) is 0 Å². The van der Waals surface area contributed by atoms with E-state index >= 15 is 0 Å². The standard InChI is InChI=1S/C13H23N3/c1-4-12-8-13(16(3)15-12)7-11-9-14-6-5-10(11)2/h8,10-11,14H,4-7,9H2,1-3H3. The van der Waals surface area contributed by atoms with Gasteiger partial charge in [-0.25, -0.2) is 0 Å². The first-order valence-electron chi connectivity index (χ1n) is 6.43. The van der Waals surface area contributed by atoms with Gasteiger partial charge in [-0.3, -0.25) is 4.68 Å². The summed E-state index contributed by atoms with van der Waals surface area (Å²) in [5, 5.41) is 8.01. The predicted octanol–water partition coefficient (Wildman–Crippen LogP) is 1.77. The highest BCUT2D eigenvalue weighted by molar-refractivity contribution is 5.11. The molecule has 1 aromatic rings. The van der Waals surface area contributed by atoms with Crippen molar-refractivity contribution in [3.8, 4) is 0 Å². The summed E-state index contributed by atoms with van der Waals surface area (Å²) in [4.78, 5) is 0. The number of piperidine rings is 1. The Balaban J connectivity index is 2.04. The van der Waals surface area contributed by atoms with Crippen LogP contribution >= 0.6 is 0 Å². The van der Waals surface area contributed by atoms with Crippen LogP contribution in [0, 0.1) is 11.8 Å². The first kappa shape index (κ1) is 11.6. The Hall–Kier alpha value is -0.830. The minimum Gasteiger partial charge on any atom is -0.316 e. The SMILES string of the molecule is CCc1cc(CC2CNCCC2C)n(C)n1. The molecule has 2 heterocycles. The summed E-state index contributed by atoms with van der Waals surface area (Å²) in [6, 6.07) is 2.27. The maximum atomic E-state index is 4.52. The van der Waals surface area contributed by atoms with E-state index in [1.807, 2.05) is 0 Å². The highest BCUT2D eigenvalue weighted by Gasteiger charge is 2.22. The third-order valence-electron chi connectivity index (χ3n) is 3.85. The van der Waals surface area contributed by atoms with Crippen molar-refractivity contribution >= 4 is 0 Å². The van der Waals surface area contributed by atoms with Crippen LogP contribution in [0.3, 0.4) is 0 Å². The van der Waals surface area contributed by atoms with Crippen molar-refractivity contribution in [1.82, 2.24) is 15.1 Å². The zero-order valence-electron chi connectivity index (χ0n) is 10.7. The van der Waals surface area contributed by atoms with Crippen LogP contribution in [0.15, 0.2) is 6.07 Å². The molecule has 3 nitrogen and oxygen atoms in total. The molecule has 0 bridgehead atoms. The van der Waals surface area contributed by atoms with Crippen LogP contribution in [0.4, 0.5) is 0 Å². The third kappa shape index (κ3) is 2.46. The second kappa shape index (κ2) is 5.00. The first-order valence-corrected chi connectivity index (χ1v) is 6.43. The van der Waals surface area contributed by atoms with Gasteiger partial charge in [0.2, 0.25) is 0 Å². The third-order valence-corrected chi connectivity index (χ3v) is 3.85. The summed E-state index contributed by atoms with van der Waals surface area (Å²) in [6.45, 7) is 6.89. The number of aromatic nitrogens is 2. The van der Waals surface area contributed by atoms with E-state index in [9.17, 15) is 0 Å². The minimum absolute atomic E-state index is 0.772. The van der Waals surface area contributed by atoms with Gasteiger partial charge in [-0.05, 0) is 50.3 Å². The highest BCUT2D eigenvalue weighted by Crippen LogP contribution is 2.22. The molecule has 90 valence electrons. The van der Waals surface area contributed by atoms with Gasteiger partial charge in [0.1, 0.15) is 0 Å². The second-order valence-electron chi connectivity index (χ2n) is 5.04. The molecular weight excluding hydrogens is 198 g/mol. The van der Waals surface area contributed by atoms with Crippen LogP contribution in [0.25, 0.3) is 0 Å². The number of hydrogen-bond donors (Lipinski definition) is 1. The molecule has 0 aromatic carbocycles. The van der Waals surface area contributed by atoms with Gasteiger partial charge in [0, 0.05) is 12.7 Å². The molecule has 1 N–H and O–H groups in total. The number of nitrogens with zero attached hydrogens (tertiary/aromatic N) is 2. The Morgan fingerprint density at radius 1 is 1.56 bits per heavy atom. The molecule has 0 spiro atoms. The lowest BCUT2D eigenvalue weighted by Gasteiger charge is -2.29. The van der Waals surface area contributed by atoms with E-state index in [-0.39, 0.29) is 0 Å². The van der Waals surface area contributed by atoms with Gasteiger partial charge in [0.05, 0.1) is 5.69 Å². The maximum absolute atomic E-state index is 4.52. The molecule has 1 aliphatic rings. The van der Waals surface area contributed by atoms with E-state index in [4.69, 9.17) is 0 Å². The molecule has 2 atom stereocenters. The lowest BCUT2D eigenvalue weighted by atomic mass is 9.85. The van der Waals surface area contributed by atoms with E-state index in [1.165, 1.54) is 24.4 Å². The van der Waals surface area contributed by atoms with Crippen LogP contribution in [-0.4, -0.2) is 22.9 Å². The molecule has 2 rings (SSSR count). The number of hydrogen-bond acceptors (Lipinski definition) is 2. The molecule has 0 saturated carbocycles. The fourth-order valence-electron chi connectivity index (χ4n) is 2.53. The Bertz CT molecular complexity index is 343. The van der Waals surface area contributed by atoms with Gasteiger partial charge < -0.3 is 5.32 Å². The van der Waals surface area contributed by atoms with E-state index in [2.05, 4.69) is 42.1 Å². The van der Waals surface area contributed by atoms with Crippen molar-refractivity contribution in [3.63, 3.8) is 0 Å². The molecule has 16 heavy (non-hydrogen) atoms. The van der Waals surface area contributed by atoms with Gasteiger partial charge >= 0.3 is 0 Å². The second-order valence-corrected chi connectivity index (χ2v) is 5.04. The monoisotopic (exact) mass is 221 g/mol. The molecule has 0 radical (unpaired) electrons. The molecule has 1 saturated heterocycles. The average Bonchev–Trinajstić information content (AvgIpc) is 2.63. The molecule has 1 aromatic heterocycles. The smallest absolute Gasteiger partial charge is 0.0624 e. The topological polar surface area (TPSA) is 29.9 Å². The van der Waals surface area contributed by atoms with Crippen molar-refractivity contribution in [2.45, 2.75) is 33.1 Å². The van der Waals surface area contributed by atoms with Crippen molar-refractivity contribution in [1.29, 1.82) is 0 Å². The average molecular weight is 221 g/mol. The van der Waals surface area contributed by atoms with Gasteiger partial charge in [-0.15, -0.1) is 0 Å². The molecule has 0 amide bonds. The van der Waals surface area contributed by atoms with E-state index in [0.29, 0.717) is 0 Å². The maximum Gasteiger partial charge on any atom is 0.0624 e.